The summed E-state index contributed by atoms with van der Waals surface area (Å²) in [6.07, 6.45) is 4.02. The Morgan fingerprint density at radius 1 is 1.67 bits per heavy atom. The second-order valence-electron chi connectivity index (χ2n) is 2.32. The molecule has 0 saturated carbocycles. The average molecular weight is 164 g/mol. The normalized spacial score (nSPS) is 9.08. The van der Waals surface area contributed by atoms with Crippen molar-refractivity contribution in [2.45, 2.75) is 19.9 Å². The number of oxazole rings is 1. The van der Waals surface area contributed by atoms with Crippen molar-refractivity contribution in [3.05, 3.63) is 18.4 Å². The molecule has 0 atom stereocenters. The first-order valence-corrected chi connectivity index (χ1v) is 3.91. The Morgan fingerprint density at radius 3 is 3.25 bits per heavy atom. The predicted octanol–water partition coefficient (Wildman–Crippen LogP) is 1.18. The Morgan fingerprint density at radius 2 is 2.58 bits per heavy atom. The molecule has 0 radical (unpaired) electrons. The van der Waals surface area contributed by atoms with E-state index in [9.17, 15) is 0 Å². The van der Waals surface area contributed by atoms with Gasteiger partial charge in [0.05, 0.1) is 12.7 Å². The number of hydrogen-bond acceptors (Lipinski definition) is 3. The molecule has 0 aliphatic rings. The highest BCUT2D eigenvalue weighted by molar-refractivity contribution is 4.95. The Balaban J connectivity index is 2.06. The van der Waals surface area contributed by atoms with Crippen molar-refractivity contribution in [3.63, 3.8) is 0 Å². The van der Waals surface area contributed by atoms with Gasteiger partial charge in [-0.05, 0) is 6.92 Å². The number of aromatic nitrogens is 1. The van der Waals surface area contributed by atoms with Gasteiger partial charge in [0.2, 0.25) is 0 Å². The molecule has 3 nitrogen and oxygen atoms in total. The van der Waals surface area contributed by atoms with Gasteiger partial charge in [-0.15, -0.1) is 11.8 Å². The van der Waals surface area contributed by atoms with E-state index in [1.165, 1.54) is 6.39 Å². The standard InChI is InChI=1S/C9H12N2O/c1-2-3-4-5-10-6-9-7-11-8-12-9/h7-8,10H,4-6H2,1H3. The molecule has 1 aromatic heterocycles. The number of nitrogens with one attached hydrogen (secondary N) is 1. The van der Waals surface area contributed by atoms with E-state index in [0.717, 1.165) is 25.3 Å². The SMILES string of the molecule is CC#CCCNCc1cnco1. The summed E-state index contributed by atoms with van der Waals surface area (Å²) < 4.78 is 5.03. The van der Waals surface area contributed by atoms with Crippen molar-refractivity contribution in [1.29, 1.82) is 0 Å². The first kappa shape index (κ1) is 8.82. The smallest absolute Gasteiger partial charge is 0.180 e. The lowest BCUT2D eigenvalue weighted by molar-refractivity contribution is 0.481. The molecule has 0 fully saturated rings. The minimum Gasteiger partial charge on any atom is -0.447 e. The Hall–Kier alpha value is -1.27. The molecule has 1 heterocycles. The third kappa shape index (κ3) is 3.22. The molecular formula is C9H12N2O. The zero-order chi connectivity index (χ0) is 8.65. The van der Waals surface area contributed by atoms with Crippen LogP contribution >= 0.6 is 0 Å². The van der Waals surface area contributed by atoms with Crippen LogP contribution in [0.3, 0.4) is 0 Å². The van der Waals surface area contributed by atoms with Crippen LogP contribution in [0.5, 0.6) is 0 Å². The molecule has 0 aromatic carbocycles. The van der Waals surface area contributed by atoms with Crippen LogP contribution in [-0.4, -0.2) is 11.5 Å². The van der Waals surface area contributed by atoms with Gasteiger partial charge in [0.1, 0.15) is 5.76 Å². The monoisotopic (exact) mass is 164 g/mol. The molecule has 3 heteroatoms. The molecule has 0 amide bonds. The van der Waals surface area contributed by atoms with E-state index >= 15 is 0 Å². The maximum Gasteiger partial charge on any atom is 0.180 e. The van der Waals surface area contributed by atoms with Crippen LogP contribution in [0, 0.1) is 11.8 Å². The van der Waals surface area contributed by atoms with Crippen LogP contribution in [0.25, 0.3) is 0 Å². The fourth-order valence-corrected chi connectivity index (χ4v) is 0.817. The molecule has 0 aliphatic heterocycles. The van der Waals surface area contributed by atoms with Crippen molar-refractivity contribution in [3.8, 4) is 11.8 Å². The summed E-state index contributed by atoms with van der Waals surface area (Å²) in [5.74, 6) is 6.67. The minimum atomic E-state index is 0.728. The highest BCUT2D eigenvalue weighted by atomic mass is 16.3. The lowest BCUT2D eigenvalue weighted by atomic mass is 10.4. The summed E-state index contributed by atoms with van der Waals surface area (Å²) in [5.41, 5.74) is 0. The van der Waals surface area contributed by atoms with E-state index < -0.39 is 0 Å². The largest absolute Gasteiger partial charge is 0.447 e. The maximum absolute atomic E-state index is 5.03. The highest BCUT2D eigenvalue weighted by Crippen LogP contribution is 1.94. The van der Waals surface area contributed by atoms with E-state index in [4.69, 9.17) is 4.42 Å². The number of nitrogens with zero attached hydrogens (tertiary/aromatic N) is 1. The molecule has 1 rings (SSSR count). The Bertz CT molecular complexity index is 256. The average Bonchev–Trinajstić information content (AvgIpc) is 2.57. The van der Waals surface area contributed by atoms with Gasteiger partial charge in [0, 0.05) is 13.0 Å². The van der Waals surface area contributed by atoms with Gasteiger partial charge >= 0.3 is 0 Å². The van der Waals surface area contributed by atoms with E-state index in [1.54, 1.807) is 6.20 Å². The van der Waals surface area contributed by atoms with Crippen LogP contribution in [0.4, 0.5) is 0 Å². The third-order valence-corrected chi connectivity index (χ3v) is 1.39. The lowest BCUT2D eigenvalue weighted by Crippen LogP contribution is -2.13. The topological polar surface area (TPSA) is 38.1 Å². The molecule has 0 aliphatic carbocycles. The molecule has 1 aromatic rings. The summed E-state index contributed by atoms with van der Waals surface area (Å²) in [4.78, 5) is 3.80. The number of hydrogen-bond donors (Lipinski definition) is 1. The predicted molar refractivity (Wildman–Crippen MR) is 46.3 cm³/mol. The molecule has 12 heavy (non-hydrogen) atoms. The fraction of sp³-hybridized carbons (Fsp3) is 0.444. The van der Waals surface area contributed by atoms with Gasteiger partial charge in [-0.3, -0.25) is 0 Å². The van der Waals surface area contributed by atoms with Gasteiger partial charge in [0.25, 0.3) is 0 Å². The number of rotatable bonds is 4. The Labute approximate surface area is 72.2 Å². The van der Waals surface area contributed by atoms with Crippen LogP contribution in [0.15, 0.2) is 17.0 Å². The first-order chi connectivity index (χ1) is 5.93. The van der Waals surface area contributed by atoms with E-state index in [-0.39, 0.29) is 0 Å². The van der Waals surface area contributed by atoms with Crippen molar-refractivity contribution in [2.75, 3.05) is 6.54 Å². The maximum atomic E-state index is 5.03. The summed E-state index contributed by atoms with van der Waals surface area (Å²) in [6.45, 7) is 3.46. The summed E-state index contributed by atoms with van der Waals surface area (Å²) in [7, 11) is 0. The second-order valence-corrected chi connectivity index (χ2v) is 2.32. The molecule has 0 bridgehead atoms. The fourth-order valence-electron chi connectivity index (χ4n) is 0.817. The quantitative estimate of drug-likeness (QED) is 0.536. The van der Waals surface area contributed by atoms with Crippen molar-refractivity contribution in [1.82, 2.24) is 10.3 Å². The summed E-state index contributed by atoms with van der Waals surface area (Å²) in [6, 6.07) is 0. The zero-order valence-corrected chi connectivity index (χ0v) is 7.13. The van der Waals surface area contributed by atoms with E-state index in [2.05, 4.69) is 22.1 Å². The van der Waals surface area contributed by atoms with Gasteiger partial charge in [-0.2, -0.15) is 0 Å². The van der Waals surface area contributed by atoms with Crippen LogP contribution in [-0.2, 0) is 6.54 Å². The van der Waals surface area contributed by atoms with Gasteiger partial charge < -0.3 is 9.73 Å². The van der Waals surface area contributed by atoms with Crippen molar-refractivity contribution >= 4 is 0 Å². The molecule has 0 saturated heterocycles. The third-order valence-electron chi connectivity index (χ3n) is 1.39. The molecule has 0 unspecified atom stereocenters. The lowest BCUT2D eigenvalue weighted by Gasteiger charge is -1.96. The molecule has 64 valence electrons. The summed E-state index contributed by atoms with van der Waals surface area (Å²) >= 11 is 0. The van der Waals surface area contributed by atoms with Gasteiger partial charge in [-0.1, -0.05) is 0 Å². The van der Waals surface area contributed by atoms with Crippen molar-refractivity contribution < 1.29 is 4.42 Å². The molecule has 0 spiro atoms. The van der Waals surface area contributed by atoms with Crippen molar-refractivity contribution in [2.24, 2.45) is 0 Å². The van der Waals surface area contributed by atoms with Crippen LogP contribution in [0.1, 0.15) is 19.1 Å². The van der Waals surface area contributed by atoms with Gasteiger partial charge in [0.15, 0.2) is 6.39 Å². The van der Waals surface area contributed by atoms with Crippen LogP contribution < -0.4 is 5.32 Å². The summed E-state index contributed by atoms with van der Waals surface area (Å²) in [5, 5.41) is 3.19. The molecular weight excluding hydrogens is 152 g/mol. The molecule has 1 N–H and O–H groups in total. The highest BCUT2D eigenvalue weighted by Gasteiger charge is 1.92. The Kier molecular flexibility index (Phi) is 3.96. The first-order valence-electron chi connectivity index (χ1n) is 3.91. The minimum absolute atomic E-state index is 0.728. The van der Waals surface area contributed by atoms with Gasteiger partial charge in [-0.25, -0.2) is 4.98 Å². The van der Waals surface area contributed by atoms with Crippen LogP contribution in [0.2, 0.25) is 0 Å². The van der Waals surface area contributed by atoms with E-state index in [1.807, 2.05) is 6.92 Å². The second kappa shape index (κ2) is 5.39. The van der Waals surface area contributed by atoms with E-state index in [0.29, 0.717) is 0 Å². The zero-order valence-electron chi connectivity index (χ0n) is 7.13.